The third kappa shape index (κ3) is 3.96. The highest BCUT2D eigenvalue weighted by molar-refractivity contribution is 5.52. The maximum absolute atomic E-state index is 8.84. The van der Waals surface area contributed by atoms with Gasteiger partial charge in [0.15, 0.2) is 0 Å². The van der Waals surface area contributed by atoms with Crippen LogP contribution >= 0.6 is 0 Å². The lowest BCUT2D eigenvalue weighted by molar-refractivity contribution is 0.223. The minimum atomic E-state index is 0.248. The molecule has 0 saturated carbocycles. The van der Waals surface area contributed by atoms with E-state index in [1.807, 2.05) is 31.2 Å². The van der Waals surface area contributed by atoms with Gasteiger partial charge < -0.3 is 9.73 Å². The molecule has 1 atom stereocenters. The van der Waals surface area contributed by atoms with Gasteiger partial charge in [0.25, 0.3) is 0 Å². The maximum atomic E-state index is 8.84. The molecular weight excluding hydrogens is 340 g/mol. The van der Waals surface area contributed by atoms with Crippen molar-refractivity contribution < 1.29 is 4.42 Å². The average molecular weight is 360 g/mol. The molecule has 27 heavy (non-hydrogen) atoms. The van der Waals surface area contributed by atoms with Gasteiger partial charge in [-0.1, -0.05) is 0 Å². The van der Waals surface area contributed by atoms with Gasteiger partial charge in [0.1, 0.15) is 23.3 Å². The van der Waals surface area contributed by atoms with Crippen LogP contribution in [0, 0.1) is 18.3 Å². The Kier molecular flexibility index (Phi) is 4.81. The molecule has 1 saturated heterocycles. The van der Waals surface area contributed by atoms with E-state index >= 15 is 0 Å². The van der Waals surface area contributed by atoms with E-state index in [1.54, 1.807) is 24.5 Å². The fraction of sp³-hybridized carbons (Fsp3) is 0.300. The first-order valence-corrected chi connectivity index (χ1v) is 8.97. The molecule has 1 N–H and O–H groups in total. The fourth-order valence-electron chi connectivity index (χ4n) is 3.40. The summed E-state index contributed by atoms with van der Waals surface area (Å²) in [4.78, 5) is 15.5. The summed E-state index contributed by atoms with van der Waals surface area (Å²) < 4.78 is 5.73. The number of hydrogen-bond acceptors (Lipinski definition) is 7. The fourth-order valence-corrected chi connectivity index (χ4v) is 3.40. The zero-order valence-corrected chi connectivity index (χ0v) is 15.1. The van der Waals surface area contributed by atoms with E-state index in [9.17, 15) is 0 Å². The highest BCUT2D eigenvalue weighted by Gasteiger charge is 2.28. The molecule has 0 bridgehead atoms. The van der Waals surface area contributed by atoms with E-state index in [0.717, 1.165) is 48.8 Å². The molecule has 0 aromatic carbocycles. The topological polar surface area (TPSA) is 90.9 Å². The second kappa shape index (κ2) is 7.56. The highest BCUT2D eigenvalue weighted by Crippen LogP contribution is 2.32. The van der Waals surface area contributed by atoms with Crippen LogP contribution in [-0.2, 0) is 6.54 Å². The largest absolute Gasteiger partial charge is 0.465 e. The van der Waals surface area contributed by atoms with Gasteiger partial charge in [0, 0.05) is 6.20 Å². The van der Waals surface area contributed by atoms with E-state index in [1.165, 1.54) is 0 Å². The van der Waals surface area contributed by atoms with Crippen LogP contribution in [0.3, 0.4) is 0 Å². The lowest BCUT2D eigenvalue weighted by Crippen LogP contribution is -2.23. The van der Waals surface area contributed by atoms with E-state index < -0.39 is 0 Å². The van der Waals surface area contributed by atoms with Crippen LogP contribution in [0.25, 0.3) is 0 Å². The number of nitriles is 1. The zero-order chi connectivity index (χ0) is 18.6. The molecule has 0 amide bonds. The third-order valence-electron chi connectivity index (χ3n) is 4.67. The van der Waals surface area contributed by atoms with Crippen molar-refractivity contribution in [3.8, 4) is 6.07 Å². The van der Waals surface area contributed by atoms with Gasteiger partial charge in [-0.3, -0.25) is 4.90 Å². The Morgan fingerprint density at radius 2 is 2.19 bits per heavy atom. The number of rotatable bonds is 5. The van der Waals surface area contributed by atoms with E-state index in [0.29, 0.717) is 11.6 Å². The summed E-state index contributed by atoms with van der Waals surface area (Å²) in [5.74, 6) is 2.44. The van der Waals surface area contributed by atoms with Crippen molar-refractivity contribution in [1.82, 2.24) is 19.9 Å². The standard InChI is InChI=1S/C20H20N6O/c1-14-4-7-17(27-14)13-26-10-2-3-19(26)18-8-9-22-20(25-18)24-16-6-5-15(11-21)23-12-16/h4-9,12,19H,2-3,10,13H2,1H3,(H,22,24,25)/t19-/m1/s1. The SMILES string of the molecule is Cc1ccc(CN2CCC[C@@H]2c2ccnc(Nc3ccc(C#N)nc3)n2)o1. The van der Waals surface area contributed by atoms with Crippen molar-refractivity contribution in [1.29, 1.82) is 5.26 Å². The lowest BCUT2D eigenvalue weighted by Gasteiger charge is -2.23. The molecule has 0 aliphatic carbocycles. The predicted octanol–water partition coefficient (Wildman–Crippen LogP) is 3.73. The average Bonchev–Trinajstić information content (AvgIpc) is 3.32. The van der Waals surface area contributed by atoms with Crippen molar-refractivity contribution in [2.45, 2.75) is 32.4 Å². The van der Waals surface area contributed by atoms with Gasteiger partial charge in [0.05, 0.1) is 30.2 Å². The first kappa shape index (κ1) is 17.2. The summed E-state index contributed by atoms with van der Waals surface area (Å²) in [6.45, 7) is 3.77. The van der Waals surface area contributed by atoms with Gasteiger partial charge in [-0.05, 0) is 56.6 Å². The molecule has 7 nitrogen and oxygen atoms in total. The Hall–Kier alpha value is -3.24. The number of furan rings is 1. The number of nitrogens with zero attached hydrogens (tertiary/aromatic N) is 5. The van der Waals surface area contributed by atoms with Crippen LogP contribution in [0.2, 0.25) is 0 Å². The van der Waals surface area contributed by atoms with Crippen LogP contribution in [0.4, 0.5) is 11.6 Å². The Balaban J connectivity index is 1.49. The molecule has 1 aliphatic heterocycles. The molecular formula is C20H20N6O. The molecule has 0 unspecified atom stereocenters. The summed E-state index contributed by atoms with van der Waals surface area (Å²) in [5, 5.41) is 12.0. The highest BCUT2D eigenvalue weighted by atomic mass is 16.3. The van der Waals surface area contributed by atoms with Gasteiger partial charge in [0.2, 0.25) is 5.95 Å². The van der Waals surface area contributed by atoms with Gasteiger partial charge in [-0.2, -0.15) is 5.26 Å². The molecule has 136 valence electrons. The van der Waals surface area contributed by atoms with E-state index in [2.05, 4.69) is 20.2 Å². The molecule has 1 aliphatic rings. The lowest BCUT2D eigenvalue weighted by atomic mass is 10.1. The monoisotopic (exact) mass is 360 g/mol. The number of nitrogens with one attached hydrogen (secondary N) is 1. The maximum Gasteiger partial charge on any atom is 0.227 e. The molecule has 4 heterocycles. The van der Waals surface area contributed by atoms with E-state index in [4.69, 9.17) is 14.7 Å². The quantitative estimate of drug-likeness (QED) is 0.741. The van der Waals surface area contributed by atoms with Crippen molar-refractivity contribution >= 4 is 11.6 Å². The minimum Gasteiger partial charge on any atom is -0.465 e. The van der Waals surface area contributed by atoms with E-state index in [-0.39, 0.29) is 6.04 Å². The molecule has 1 fully saturated rings. The number of hydrogen-bond donors (Lipinski definition) is 1. The molecule has 3 aromatic rings. The summed E-state index contributed by atoms with van der Waals surface area (Å²) in [5.41, 5.74) is 2.13. The molecule has 0 spiro atoms. The normalized spacial score (nSPS) is 17.0. The molecule has 0 radical (unpaired) electrons. The summed E-state index contributed by atoms with van der Waals surface area (Å²) >= 11 is 0. The predicted molar refractivity (Wildman–Crippen MR) is 100 cm³/mol. The Bertz CT molecular complexity index is 959. The van der Waals surface area contributed by atoms with Gasteiger partial charge >= 0.3 is 0 Å². The van der Waals surface area contributed by atoms with Crippen molar-refractivity contribution in [2.24, 2.45) is 0 Å². The first-order chi connectivity index (χ1) is 13.2. The molecule has 7 heteroatoms. The number of aromatic nitrogens is 3. The Morgan fingerprint density at radius 3 is 2.93 bits per heavy atom. The minimum absolute atomic E-state index is 0.248. The number of anilines is 2. The number of pyridine rings is 1. The van der Waals surface area contributed by atoms with Crippen molar-refractivity contribution in [3.05, 3.63) is 65.6 Å². The Morgan fingerprint density at radius 1 is 1.26 bits per heavy atom. The summed E-state index contributed by atoms with van der Waals surface area (Å²) in [6.07, 6.45) is 5.58. The van der Waals surface area contributed by atoms with Crippen LogP contribution < -0.4 is 5.32 Å². The second-order valence-electron chi connectivity index (χ2n) is 6.61. The summed E-state index contributed by atoms with van der Waals surface area (Å²) in [6, 6.07) is 11.7. The van der Waals surface area contributed by atoms with Crippen LogP contribution in [0.15, 0.2) is 47.1 Å². The third-order valence-corrected chi connectivity index (χ3v) is 4.67. The number of likely N-dealkylation sites (tertiary alicyclic amines) is 1. The molecule has 4 rings (SSSR count). The Labute approximate surface area is 157 Å². The summed E-state index contributed by atoms with van der Waals surface area (Å²) in [7, 11) is 0. The van der Waals surface area contributed by atoms with Crippen molar-refractivity contribution in [2.75, 3.05) is 11.9 Å². The van der Waals surface area contributed by atoms with Gasteiger partial charge in [-0.25, -0.2) is 15.0 Å². The van der Waals surface area contributed by atoms with Crippen LogP contribution in [0.5, 0.6) is 0 Å². The number of aryl methyl sites for hydroxylation is 1. The molecule has 3 aromatic heterocycles. The second-order valence-corrected chi connectivity index (χ2v) is 6.61. The van der Waals surface area contributed by atoms with Crippen LogP contribution in [0.1, 0.15) is 41.8 Å². The van der Waals surface area contributed by atoms with Gasteiger partial charge in [-0.15, -0.1) is 0 Å². The zero-order valence-electron chi connectivity index (χ0n) is 15.1. The smallest absolute Gasteiger partial charge is 0.227 e. The van der Waals surface area contributed by atoms with Crippen LogP contribution in [-0.4, -0.2) is 26.4 Å². The first-order valence-electron chi connectivity index (χ1n) is 8.97. The van der Waals surface area contributed by atoms with Crippen molar-refractivity contribution in [3.63, 3.8) is 0 Å².